The van der Waals surface area contributed by atoms with E-state index in [1.54, 1.807) is 19.1 Å². The number of ether oxygens (including phenoxy) is 1. The van der Waals surface area contributed by atoms with Crippen molar-refractivity contribution in [2.45, 2.75) is 11.8 Å². The number of rotatable bonds is 1. The van der Waals surface area contributed by atoms with E-state index in [4.69, 9.17) is 4.74 Å². The summed E-state index contributed by atoms with van der Waals surface area (Å²) in [6.07, 6.45) is 0. The second-order valence-corrected chi connectivity index (χ2v) is 6.04. The van der Waals surface area contributed by atoms with Gasteiger partial charge in [0.25, 0.3) is 0 Å². The minimum absolute atomic E-state index is 0.120. The Balaban J connectivity index is 2.62. The number of carbonyl (C=O) groups is 1. The molecule has 1 aliphatic heterocycles. The average Bonchev–Trinajstić information content (AvgIpc) is 2.35. The highest BCUT2D eigenvalue weighted by atomic mass is 32.2. The van der Waals surface area contributed by atoms with Gasteiger partial charge in [-0.1, -0.05) is 6.92 Å². The van der Waals surface area contributed by atoms with Crippen molar-refractivity contribution in [2.75, 3.05) is 18.2 Å². The van der Waals surface area contributed by atoms with Crippen LogP contribution >= 0.6 is 0 Å². The number of methoxy groups -OCH3 is 1. The number of benzene rings is 1. The molecule has 1 N–H and O–H groups in total. The minimum atomic E-state index is -3.46. The van der Waals surface area contributed by atoms with Crippen LogP contribution in [-0.2, 0) is 14.6 Å². The van der Waals surface area contributed by atoms with Gasteiger partial charge in [-0.05, 0) is 12.1 Å². The monoisotopic (exact) mass is 255 g/mol. The number of anilines is 1. The van der Waals surface area contributed by atoms with Gasteiger partial charge in [0, 0.05) is 12.0 Å². The maximum Gasteiger partial charge on any atom is 0.228 e. The zero-order valence-electron chi connectivity index (χ0n) is 9.56. The zero-order chi connectivity index (χ0) is 12.6. The molecule has 6 heteroatoms. The SMILES string of the molecule is COc1ccc2c(c1)S(=O)(=O)CC(C)C(=O)N2. The Kier molecular flexibility index (Phi) is 2.82. The van der Waals surface area contributed by atoms with Crippen molar-refractivity contribution in [3.8, 4) is 5.75 Å². The third kappa shape index (κ3) is 2.12. The van der Waals surface area contributed by atoms with Crippen molar-refractivity contribution in [2.24, 2.45) is 5.92 Å². The number of hydrogen-bond donors (Lipinski definition) is 1. The molecule has 1 unspecified atom stereocenters. The van der Waals surface area contributed by atoms with Gasteiger partial charge in [-0.15, -0.1) is 0 Å². The highest BCUT2D eigenvalue weighted by Gasteiger charge is 2.30. The fraction of sp³-hybridized carbons (Fsp3) is 0.364. The van der Waals surface area contributed by atoms with Crippen molar-refractivity contribution in [1.82, 2.24) is 0 Å². The highest BCUT2D eigenvalue weighted by Crippen LogP contribution is 2.31. The second kappa shape index (κ2) is 4.03. The first-order valence-corrected chi connectivity index (χ1v) is 6.81. The van der Waals surface area contributed by atoms with Gasteiger partial charge in [-0.3, -0.25) is 4.79 Å². The molecule has 1 atom stereocenters. The van der Waals surface area contributed by atoms with Crippen LogP contribution in [0.1, 0.15) is 6.92 Å². The van der Waals surface area contributed by atoms with Crippen LogP contribution < -0.4 is 10.1 Å². The largest absolute Gasteiger partial charge is 0.497 e. The molecule has 5 nitrogen and oxygen atoms in total. The number of hydrogen-bond acceptors (Lipinski definition) is 4. The van der Waals surface area contributed by atoms with Crippen LogP contribution in [0.4, 0.5) is 5.69 Å². The van der Waals surface area contributed by atoms with Crippen molar-refractivity contribution in [3.05, 3.63) is 18.2 Å². The van der Waals surface area contributed by atoms with Gasteiger partial charge in [0.2, 0.25) is 5.91 Å². The van der Waals surface area contributed by atoms with Crippen molar-refractivity contribution in [1.29, 1.82) is 0 Å². The Labute approximate surface area is 99.7 Å². The molecule has 0 aliphatic carbocycles. The number of fused-ring (bicyclic) bond motifs is 1. The average molecular weight is 255 g/mol. The van der Waals surface area contributed by atoms with Crippen LogP contribution in [0.3, 0.4) is 0 Å². The maximum absolute atomic E-state index is 12.1. The summed E-state index contributed by atoms with van der Waals surface area (Å²) in [5, 5.41) is 2.61. The molecule has 2 rings (SSSR count). The van der Waals surface area contributed by atoms with Crippen LogP contribution in [-0.4, -0.2) is 27.2 Å². The quantitative estimate of drug-likeness (QED) is 0.814. The lowest BCUT2D eigenvalue weighted by molar-refractivity contribution is -0.118. The van der Waals surface area contributed by atoms with Crippen LogP contribution in [0, 0.1) is 5.92 Å². The first-order valence-electron chi connectivity index (χ1n) is 5.15. The van der Waals surface area contributed by atoms with Gasteiger partial charge in [0.1, 0.15) is 5.75 Å². The third-order valence-electron chi connectivity index (χ3n) is 2.70. The van der Waals surface area contributed by atoms with Crippen LogP contribution in [0.5, 0.6) is 5.75 Å². The number of nitrogens with one attached hydrogen (secondary N) is 1. The van der Waals surface area contributed by atoms with E-state index in [1.165, 1.54) is 13.2 Å². The molecule has 1 aromatic carbocycles. The Morgan fingerprint density at radius 2 is 2.12 bits per heavy atom. The lowest BCUT2D eigenvalue weighted by Gasteiger charge is -2.08. The van der Waals surface area contributed by atoms with Gasteiger partial charge < -0.3 is 10.1 Å². The molecule has 1 heterocycles. The van der Waals surface area contributed by atoms with Crippen molar-refractivity contribution >= 4 is 21.4 Å². The van der Waals surface area contributed by atoms with Crippen molar-refractivity contribution < 1.29 is 17.9 Å². The molecule has 1 amide bonds. The standard InChI is InChI=1S/C11H13NO4S/c1-7-6-17(14,15)10-5-8(16-2)3-4-9(10)12-11(7)13/h3-5,7H,6H2,1-2H3,(H,12,13). The topological polar surface area (TPSA) is 72.5 Å². The minimum Gasteiger partial charge on any atom is -0.497 e. The lowest BCUT2D eigenvalue weighted by atomic mass is 10.2. The van der Waals surface area contributed by atoms with E-state index in [1.807, 2.05) is 0 Å². The number of sulfone groups is 1. The molecule has 0 radical (unpaired) electrons. The van der Waals surface area contributed by atoms with Crippen LogP contribution in [0.15, 0.2) is 23.1 Å². The molecule has 0 spiro atoms. The van der Waals surface area contributed by atoms with E-state index in [2.05, 4.69) is 5.32 Å². The third-order valence-corrected chi connectivity index (χ3v) is 4.65. The second-order valence-electron chi connectivity index (χ2n) is 4.03. The normalized spacial score (nSPS) is 22.2. The van der Waals surface area contributed by atoms with E-state index >= 15 is 0 Å². The van der Waals surface area contributed by atoms with Gasteiger partial charge >= 0.3 is 0 Å². The summed E-state index contributed by atoms with van der Waals surface area (Å²) in [6.45, 7) is 1.59. The van der Waals surface area contributed by atoms with Crippen LogP contribution in [0.2, 0.25) is 0 Å². The predicted molar refractivity (Wildman–Crippen MR) is 62.8 cm³/mol. The molecule has 0 aromatic heterocycles. The first-order chi connectivity index (χ1) is 7.94. The summed E-state index contributed by atoms with van der Waals surface area (Å²) in [4.78, 5) is 11.7. The van der Waals surface area contributed by atoms with E-state index in [-0.39, 0.29) is 16.6 Å². The summed E-state index contributed by atoms with van der Waals surface area (Å²) in [5.41, 5.74) is 0.320. The smallest absolute Gasteiger partial charge is 0.228 e. The van der Waals surface area contributed by atoms with E-state index in [0.29, 0.717) is 11.4 Å². The summed E-state index contributed by atoms with van der Waals surface area (Å²) < 4.78 is 29.1. The molecule has 1 aliphatic rings. The van der Waals surface area contributed by atoms with Gasteiger partial charge in [0.15, 0.2) is 9.84 Å². The Bertz CT molecular complexity index is 565. The van der Waals surface area contributed by atoms with Crippen molar-refractivity contribution in [3.63, 3.8) is 0 Å². The maximum atomic E-state index is 12.1. The van der Waals surface area contributed by atoms with Gasteiger partial charge in [-0.2, -0.15) is 0 Å². The molecular weight excluding hydrogens is 242 g/mol. The predicted octanol–water partition coefficient (Wildman–Crippen LogP) is 1.06. The van der Waals surface area contributed by atoms with E-state index in [9.17, 15) is 13.2 Å². The van der Waals surface area contributed by atoms with E-state index < -0.39 is 15.8 Å². The summed E-state index contributed by atoms with van der Waals surface area (Å²) in [7, 11) is -1.99. The number of amides is 1. The van der Waals surface area contributed by atoms with Gasteiger partial charge in [-0.25, -0.2) is 8.42 Å². The fourth-order valence-electron chi connectivity index (χ4n) is 1.74. The molecule has 0 fully saturated rings. The van der Waals surface area contributed by atoms with E-state index in [0.717, 1.165) is 0 Å². The Hall–Kier alpha value is -1.56. The molecule has 0 saturated carbocycles. The Morgan fingerprint density at radius 3 is 2.76 bits per heavy atom. The lowest BCUT2D eigenvalue weighted by Crippen LogP contribution is -2.22. The number of carbonyl (C=O) groups excluding carboxylic acids is 1. The van der Waals surface area contributed by atoms with Gasteiger partial charge in [0.05, 0.1) is 23.4 Å². The molecular formula is C11H13NO4S. The first kappa shape index (κ1) is 11.9. The fourth-order valence-corrected chi connectivity index (χ4v) is 3.48. The Morgan fingerprint density at radius 1 is 1.41 bits per heavy atom. The summed E-state index contributed by atoms with van der Waals surface area (Å²) >= 11 is 0. The highest BCUT2D eigenvalue weighted by molar-refractivity contribution is 7.91. The summed E-state index contributed by atoms with van der Waals surface area (Å²) in [5.74, 6) is -0.564. The molecule has 17 heavy (non-hydrogen) atoms. The molecule has 1 aromatic rings. The summed E-state index contributed by atoms with van der Waals surface area (Å²) in [6, 6.07) is 4.59. The zero-order valence-corrected chi connectivity index (χ0v) is 10.4. The molecule has 0 bridgehead atoms. The molecule has 92 valence electrons. The molecule has 0 saturated heterocycles. The van der Waals surface area contributed by atoms with Crippen LogP contribution in [0.25, 0.3) is 0 Å².